The van der Waals surface area contributed by atoms with Crippen molar-refractivity contribution in [2.24, 2.45) is 5.92 Å². The third kappa shape index (κ3) is 5.49. The molecule has 3 heterocycles. The van der Waals surface area contributed by atoms with Crippen LogP contribution in [0.2, 0.25) is 0 Å². The summed E-state index contributed by atoms with van der Waals surface area (Å²) in [7, 11) is 2.15. The van der Waals surface area contributed by atoms with Gasteiger partial charge in [0.15, 0.2) is 0 Å². The lowest BCUT2D eigenvalue weighted by Crippen LogP contribution is -2.54. The number of amides is 4. The highest BCUT2D eigenvalue weighted by Gasteiger charge is 2.45. The summed E-state index contributed by atoms with van der Waals surface area (Å²) < 4.78 is 0. The Morgan fingerprint density at radius 1 is 0.968 bits per heavy atom. The molecule has 3 atom stereocenters. The number of likely N-dealkylation sites (tertiary alicyclic amines) is 1. The molecule has 4 fully saturated rings. The molecule has 0 radical (unpaired) electrons. The summed E-state index contributed by atoms with van der Waals surface area (Å²) in [4.78, 5) is 44.8. The number of nitrogens with zero attached hydrogens (tertiary/aromatic N) is 3. The molecule has 3 N–H and O–H groups in total. The van der Waals surface area contributed by atoms with Gasteiger partial charge in [0.25, 0.3) is 0 Å². The minimum absolute atomic E-state index is 0.00277. The van der Waals surface area contributed by atoms with E-state index in [1.165, 1.54) is 0 Å². The smallest absolute Gasteiger partial charge is 0.315 e. The van der Waals surface area contributed by atoms with Crippen LogP contribution < -0.4 is 16.0 Å². The second-order valence-electron chi connectivity index (χ2n) is 10.2. The van der Waals surface area contributed by atoms with Crippen LogP contribution in [0.15, 0.2) is 0 Å². The highest BCUT2D eigenvalue weighted by atomic mass is 16.2. The van der Waals surface area contributed by atoms with Crippen LogP contribution in [0.4, 0.5) is 4.79 Å². The van der Waals surface area contributed by atoms with Gasteiger partial charge in [-0.25, -0.2) is 4.79 Å². The molecule has 0 aromatic carbocycles. The lowest BCUT2D eigenvalue weighted by atomic mass is 10.0. The lowest BCUT2D eigenvalue weighted by molar-refractivity contribution is -0.136. The molecule has 9 nitrogen and oxygen atoms in total. The largest absolute Gasteiger partial charge is 0.343 e. The summed E-state index contributed by atoms with van der Waals surface area (Å²) in [6.45, 7) is 7.87. The number of hydrogen-bond donors (Lipinski definition) is 3. The molecule has 174 valence electrons. The first-order valence-corrected chi connectivity index (χ1v) is 11.9. The summed E-state index contributed by atoms with van der Waals surface area (Å²) in [5, 5.41) is 8.96. The van der Waals surface area contributed by atoms with Gasteiger partial charge in [0.05, 0.1) is 6.04 Å². The second kappa shape index (κ2) is 9.32. The van der Waals surface area contributed by atoms with E-state index in [4.69, 9.17) is 0 Å². The summed E-state index contributed by atoms with van der Waals surface area (Å²) >= 11 is 0. The molecule has 31 heavy (non-hydrogen) atoms. The van der Waals surface area contributed by atoms with Crippen LogP contribution in [0, 0.1) is 5.92 Å². The zero-order chi connectivity index (χ0) is 22.1. The van der Waals surface area contributed by atoms with Crippen LogP contribution in [0.3, 0.4) is 0 Å². The molecule has 3 saturated heterocycles. The van der Waals surface area contributed by atoms with Crippen molar-refractivity contribution in [3.05, 3.63) is 0 Å². The van der Waals surface area contributed by atoms with Crippen LogP contribution in [-0.4, -0.2) is 103 Å². The highest BCUT2D eigenvalue weighted by molar-refractivity contribution is 5.90. The van der Waals surface area contributed by atoms with Crippen molar-refractivity contribution in [2.75, 3.05) is 39.8 Å². The predicted molar refractivity (Wildman–Crippen MR) is 117 cm³/mol. The first-order valence-electron chi connectivity index (χ1n) is 11.9. The van der Waals surface area contributed by atoms with Gasteiger partial charge in [0, 0.05) is 43.7 Å². The van der Waals surface area contributed by atoms with E-state index in [-0.39, 0.29) is 41.9 Å². The molecule has 4 amide bonds. The molecule has 0 bridgehead atoms. The number of carbonyl (C=O) groups is 3. The van der Waals surface area contributed by atoms with E-state index in [9.17, 15) is 14.4 Å². The van der Waals surface area contributed by atoms with Gasteiger partial charge in [-0.05, 0) is 66.1 Å². The molecule has 3 aliphatic heterocycles. The fourth-order valence-electron chi connectivity index (χ4n) is 5.21. The van der Waals surface area contributed by atoms with Crippen LogP contribution in [0.5, 0.6) is 0 Å². The maximum Gasteiger partial charge on any atom is 0.315 e. The van der Waals surface area contributed by atoms with Gasteiger partial charge in [0.2, 0.25) is 11.8 Å². The molecule has 9 heteroatoms. The standard InChI is InChI=1S/C22H38N6O3/c1-14(2)23-22(31)24-16-10-18-12-27(17-6-8-26(3)9-7-17)13-19(21(30)28(18)11-16)25-20(29)15-4-5-15/h14-19H,4-13H2,1-3H3,(H,25,29)(H2,23,24,31)/t16-,18-,19-/m0/s1. The normalized spacial score (nSPS) is 30.8. The van der Waals surface area contributed by atoms with E-state index >= 15 is 0 Å². The third-order valence-corrected chi connectivity index (χ3v) is 7.08. The van der Waals surface area contributed by atoms with Gasteiger partial charge < -0.3 is 25.8 Å². The van der Waals surface area contributed by atoms with Gasteiger partial charge in [-0.15, -0.1) is 0 Å². The maximum atomic E-state index is 13.4. The minimum Gasteiger partial charge on any atom is -0.343 e. The Morgan fingerprint density at radius 2 is 1.68 bits per heavy atom. The summed E-state index contributed by atoms with van der Waals surface area (Å²) in [6, 6.07) is -0.183. The number of piperidine rings is 1. The number of fused-ring (bicyclic) bond motifs is 1. The van der Waals surface area contributed by atoms with Crippen LogP contribution in [0.25, 0.3) is 0 Å². The number of hydrogen-bond acceptors (Lipinski definition) is 5. The predicted octanol–water partition coefficient (Wildman–Crippen LogP) is -0.0319. The fraction of sp³-hybridized carbons (Fsp3) is 0.864. The Hall–Kier alpha value is -1.87. The van der Waals surface area contributed by atoms with Crippen molar-refractivity contribution in [2.45, 2.75) is 76.2 Å². The SMILES string of the molecule is CC(C)NC(=O)N[C@H]1C[C@H]2CN(C3CCN(C)CC3)C[C@H](NC(=O)C3CC3)C(=O)N2C1. The molecular formula is C22H38N6O3. The summed E-state index contributed by atoms with van der Waals surface area (Å²) in [5.41, 5.74) is 0. The molecule has 1 saturated carbocycles. The number of carbonyl (C=O) groups excluding carboxylic acids is 3. The Labute approximate surface area is 185 Å². The Bertz CT molecular complexity index is 689. The molecule has 4 rings (SSSR count). The number of nitrogens with one attached hydrogen (secondary N) is 3. The lowest BCUT2D eigenvalue weighted by Gasteiger charge is -2.38. The summed E-state index contributed by atoms with van der Waals surface area (Å²) in [6.07, 6.45) is 4.77. The zero-order valence-corrected chi connectivity index (χ0v) is 19.1. The topological polar surface area (TPSA) is 97.0 Å². The molecule has 0 aromatic heterocycles. The van der Waals surface area contributed by atoms with Crippen molar-refractivity contribution in [3.8, 4) is 0 Å². The fourth-order valence-corrected chi connectivity index (χ4v) is 5.21. The van der Waals surface area contributed by atoms with Crippen molar-refractivity contribution in [1.29, 1.82) is 0 Å². The van der Waals surface area contributed by atoms with E-state index in [2.05, 4.69) is 32.8 Å². The maximum absolute atomic E-state index is 13.4. The molecule has 0 spiro atoms. The summed E-state index contributed by atoms with van der Waals surface area (Å²) in [5.74, 6) is 0.102. The zero-order valence-electron chi connectivity index (χ0n) is 19.1. The first kappa shape index (κ1) is 22.3. The Balaban J connectivity index is 1.46. The second-order valence-corrected chi connectivity index (χ2v) is 10.2. The number of urea groups is 1. The van der Waals surface area contributed by atoms with Gasteiger partial charge in [0.1, 0.15) is 6.04 Å². The van der Waals surface area contributed by atoms with Gasteiger partial charge in [-0.1, -0.05) is 0 Å². The highest BCUT2D eigenvalue weighted by Crippen LogP contribution is 2.30. The quantitative estimate of drug-likeness (QED) is 0.565. The van der Waals surface area contributed by atoms with E-state index in [0.29, 0.717) is 19.1 Å². The first-order chi connectivity index (χ1) is 14.8. The molecular weight excluding hydrogens is 396 g/mol. The third-order valence-electron chi connectivity index (χ3n) is 7.08. The molecule has 4 aliphatic rings. The molecule has 0 unspecified atom stereocenters. The van der Waals surface area contributed by atoms with Crippen LogP contribution in [0.1, 0.15) is 46.0 Å². The van der Waals surface area contributed by atoms with Crippen molar-refractivity contribution >= 4 is 17.8 Å². The van der Waals surface area contributed by atoms with Gasteiger partial charge in [-0.3, -0.25) is 14.5 Å². The van der Waals surface area contributed by atoms with E-state index in [0.717, 1.165) is 51.7 Å². The average Bonchev–Trinajstić information content (AvgIpc) is 3.49. The van der Waals surface area contributed by atoms with E-state index in [1.807, 2.05) is 18.7 Å². The number of rotatable bonds is 5. The van der Waals surface area contributed by atoms with Crippen molar-refractivity contribution in [3.63, 3.8) is 0 Å². The molecule has 0 aromatic rings. The minimum atomic E-state index is -0.499. The van der Waals surface area contributed by atoms with Crippen molar-refractivity contribution < 1.29 is 14.4 Å². The van der Waals surface area contributed by atoms with E-state index in [1.54, 1.807) is 0 Å². The molecule has 1 aliphatic carbocycles. The van der Waals surface area contributed by atoms with Gasteiger partial charge in [-0.2, -0.15) is 0 Å². The van der Waals surface area contributed by atoms with Crippen molar-refractivity contribution in [1.82, 2.24) is 30.7 Å². The van der Waals surface area contributed by atoms with Crippen LogP contribution in [-0.2, 0) is 9.59 Å². The van der Waals surface area contributed by atoms with Gasteiger partial charge >= 0.3 is 6.03 Å². The Morgan fingerprint density at radius 3 is 2.32 bits per heavy atom. The Kier molecular flexibility index (Phi) is 6.71. The average molecular weight is 435 g/mol. The van der Waals surface area contributed by atoms with E-state index < -0.39 is 6.04 Å². The van der Waals surface area contributed by atoms with Crippen LogP contribution >= 0.6 is 0 Å². The monoisotopic (exact) mass is 434 g/mol.